The smallest absolute Gasteiger partial charge is 0.410 e. The summed E-state index contributed by atoms with van der Waals surface area (Å²) in [5, 5.41) is 15.5. The van der Waals surface area contributed by atoms with Crippen LogP contribution in [0, 0.1) is 5.92 Å². The van der Waals surface area contributed by atoms with Gasteiger partial charge in [0.15, 0.2) is 11.5 Å². The molecule has 0 radical (unpaired) electrons. The van der Waals surface area contributed by atoms with Gasteiger partial charge in [-0.1, -0.05) is 12.1 Å². The zero-order valence-corrected chi connectivity index (χ0v) is 56.0. The van der Waals surface area contributed by atoms with E-state index in [-0.39, 0.29) is 66.8 Å². The number of carbonyl (C=O) groups excluding carboxylic acids is 8. The van der Waals surface area contributed by atoms with Crippen LogP contribution in [0.3, 0.4) is 0 Å². The molecule has 2 atom stereocenters. The standard InChI is InChI=1S/C41H44N10O5.C32H38N4O6/c1-56-34-21-31-26(19-29(34)38(53)44-36-22-42-35-3-2-14-43-51(35)36)24-49(46-31)27-6-4-25(5-7-27)23-47-15-17-48(18-16-47)28-8-9-32-30(20-28)41(12-13-41)40(55)50(32)33-10-11-37(52)45-39(33)54;1-31(2,3)42-30(40)34-17-15-33(16-18-34)22-7-10-25-24(19-22)32(13-14-32)29(39)36(25)26-11-12-27(37)35(28(26)38)20-21-5-8-23(41-4)9-6-21/h2-3,8-9,14,19-22,24-25,27,33H,4-7,10-13,15-18,23H2,1H3,(H,44,53)(H,45,52,54);5-10,19,26H,11-18,20H2,1-4H3. The Kier molecular flexibility index (Phi) is 16.5. The number of nitrogens with one attached hydrogen (secondary N) is 2. The number of piperidine rings is 2. The highest BCUT2D eigenvalue weighted by Crippen LogP contribution is 2.60. The van der Waals surface area contributed by atoms with Crippen LogP contribution in [-0.2, 0) is 50.9 Å². The zero-order valence-electron chi connectivity index (χ0n) is 56.0. The molecule has 2 unspecified atom stereocenters. The Morgan fingerprint density at radius 2 is 1.33 bits per heavy atom. The van der Waals surface area contributed by atoms with E-state index in [1.165, 1.54) is 4.90 Å². The van der Waals surface area contributed by atoms with Crippen molar-refractivity contribution in [1.82, 2.24) is 44.4 Å². The molecule has 3 saturated carbocycles. The number of likely N-dealkylation sites (tertiary alicyclic amines) is 1. The second-order valence-corrected chi connectivity index (χ2v) is 28.6. The summed E-state index contributed by atoms with van der Waals surface area (Å²) < 4.78 is 20.0. The fourth-order valence-corrected chi connectivity index (χ4v) is 15.8. The molecule has 9 aliphatic rings. The second-order valence-electron chi connectivity index (χ2n) is 28.6. The average Bonchev–Trinajstić information content (AvgIpc) is 1.54. The van der Waals surface area contributed by atoms with Gasteiger partial charge in [-0.3, -0.25) is 63.2 Å². The van der Waals surface area contributed by atoms with E-state index >= 15 is 0 Å². The van der Waals surface area contributed by atoms with Gasteiger partial charge in [0.1, 0.15) is 29.2 Å². The van der Waals surface area contributed by atoms with Crippen molar-refractivity contribution in [2.45, 2.75) is 139 Å². The highest BCUT2D eigenvalue weighted by atomic mass is 16.6. The van der Waals surface area contributed by atoms with Crippen molar-refractivity contribution in [2.24, 2.45) is 5.92 Å². The molecule has 25 heteroatoms. The summed E-state index contributed by atoms with van der Waals surface area (Å²) in [6.07, 6.45) is 13.6. The first kappa shape index (κ1) is 64.1. The number of methoxy groups -OCH3 is 2. The van der Waals surface area contributed by atoms with Gasteiger partial charge in [-0.25, -0.2) is 9.78 Å². The Labute approximate surface area is 567 Å². The number of imide groups is 2. The van der Waals surface area contributed by atoms with Crippen molar-refractivity contribution < 1.29 is 52.6 Å². The van der Waals surface area contributed by atoms with E-state index in [0.29, 0.717) is 79.5 Å². The molecular weight excluding hydrogens is 1250 g/mol. The number of imidazole rings is 1. The first-order chi connectivity index (χ1) is 47.3. The summed E-state index contributed by atoms with van der Waals surface area (Å²) in [5.41, 5.74) is 6.77. The number of amides is 8. The normalized spacial score (nSPS) is 22.7. The van der Waals surface area contributed by atoms with Crippen LogP contribution >= 0.6 is 0 Å². The van der Waals surface area contributed by atoms with Crippen LogP contribution in [0.15, 0.2) is 104 Å². The van der Waals surface area contributed by atoms with Gasteiger partial charge < -0.3 is 34.2 Å². The quantitative estimate of drug-likeness (QED) is 0.104. The molecule has 6 aliphatic heterocycles. The lowest BCUT2D eigenvalue weighted by Gasteiger charge is -2.39. The number of anilines is 5. The number of aromatic nitrogens is 5. The average molecular weight is 1330 g/mol. The lowest BCUT2D eigenvalue weighted by Crippen LogP contribution is -2.55. The molecule has 2 spiro atoms. The number of hydrogen-bond donors (Lipinski definition) is 2. The van der Waals surface area contributed by atoms with Gasteiger partial charge >= 0.3 is 6.09 Å². The Balaban J connectivity index is 0.000000167. The Bertz CT molecular complexity index is 4360. The van der Waals surface area contributed by atoms with Crippen LogP contribution in [0.25, 0.3) is 16.6 Å². The van der Waals surface area contributed by atoms with Crippen LogP contribution < -0.4 is 39.7 Å². The summed E-state index contributed by atoms with van der Waals surface area (Å²) in [6, 6.07) is 25.9. The second kappa shape index (κ2) is 25.2. The predicted octanol–water partition coefficient (Wildman–Crippen LogP) is 7.93. The van der Waals surface area contributed by atoms with Gasteiger partial charge in [0.2, 0.25) is 29.5 Å². The topological polar surface area (TPSA) is 259 Å². The van der Waals surface area contributed by atoms with E-state index in [0.717, 1.165) is 134 Å². The van der Waals surface area contributed by atoms with E-state index in [4.69, 9.17) is 19.3 Å². The molecule has 7 fully saturated rings. The van der Waals surface area contributed by atoms with E-state index in [1.54, 1.807) is 64.0 Å². The van der Waals surface area contributed by atoms with Gasteiger partial charge in [0, 0.05) is 118 Å². The zero-order chi connectivity index (χ0) is 67.9. The summed E-state index contributed by atoms with van der Waals surface area (Å²) in [7, 11) is 3.15. The fourth-order valence-electron chi connectivity index (χ4n) is 15.8. The summed E-state index contributed by atoms with van der Waals surface area (Å²) in [5.74, 6) is 0.728. The van der Waals surface area contributed by atoms with Crippen molar-refractivity contribution in [3.8, 4) is 11.5 Å². The molecule has 16 rings (SSSR count). The molecule has 510 valence electrons. The number of ether oxygens (including phenoxy) is 3. The maximum Gasteiger partial charge on any atom is 0.410 e. The molecule has 9 heterocycles. The van der Waals surface area contributed by atoms with Crippen LogP contribution in [-0.4, -0.2) is 177 Å². The van der Waals surface area contributed by atoms with Gasteiger partial charge in [-0.2, -0.15) is 14.7 Å². The molecule has 4 aromatic carbocycles. The van der Waals surface area contributed by atoms with E-state index in [9.17, 15) is 38.4 Å². The van der Waals surface area contributed by atoms with Crippen molar-refractivity contribution in [3.63, 3.8) is 0 Å². The minimum atomic E-state index is -0.713. The molecule has 3 aromatic heterocycles. The Morgan fingerprint density at radius 1 is 0.694 bits per heavy atom. The Morgan fingerprint density at radius 3 is 1.94 bits per heavy atom. The molecule has 2 N–H and O–H groups in total. The van der Waals surface area contributed by atoms with Crippen molar-refractivity contribution in [3.05, 3.63) is 126 Å². The highest BCUT2D eigenvalue weighted by molar-refractivity contribution is 6.17. The minimum absolute atomic E-state index is 0.00704. The Hall–Kier alpha value is -9.91. The molecule has 0 bridgehead atoms. The number of rotatable bonds is 13. The molecule has 7 aromatic rings. The third kappa shape index (κ3) is 11.9. The van der Waals surface area contributed by atoms with E-state index in [1.807, 2.05) is 69.3 Å². The van der Waals surface area contributed by atoms with E-state index < -0.39 is 28.5 Å². The van der Waals surface area contributed by atoms with Gasteiger partial charge in [0.25, 0.3) is 11.8 Å². The maximum absolute atomic E-state index is 13.9. The van der Waals surface area contributed by atoms with Crippen LogP contribution in [0.2, 0.25) is 0 Å². The molecular formula is C73H82N14O11. The van der Waals surface area contributed by atoms with Gasteiger partial charge in [-0.15, -0.1) is 0 Å². The first-order valence-corrected chi connectivity index (χ1v) is 34.4. The molecule has 25 nitrogen and oxygen atoms in total. The van der Waals surface area contributed by atoms with E-state index in [2.05, 4.69) is 64.5 Å². The number of fused-ring (bicyclic) bond motifs is 6. The largest absolute Gasteiger partial charge is 0.497 e. The SMILES string of the molecule is COc1cc2nn(C3CCC(CN4CCN(c5ccc6c(c5)C5(CC5)C(=O)N6C5CCC(=O)NC5=O)CC4)CC3)cc2cc1C(=O)Nc1cnc2cccnn12.COc1ccc(CN2C(=O)CCC(N3C(=O)C4(CC4)c4cc(N5CCN(C(=O)OC(C)(C)C)CC5)ccc43)C2=O)cc1. The number of benzene rings is 4. The number of carbonyl (C=O) groups is 8. The lowest BCUT2D eigenvalue weighted by atomic mass is 9.85. The summed E-state index contributed by atoms with van der Waals surface area (Å²) in [6.45, 7) is 13.1. The van der Waals surface area contributed by atoms with Gasteiger partial charge in [-0.05, 0) is 174 Å². The number of piperazine rings is 2. The van der Waals surface area contributed by atoms with Gasteiger partial charge in [0.05, 0.1) is 54.9 Å². The molecule has 3 aliphatic carbocycles. The number of nitrogens with zero attached hydrogens (tertiary/aromatic N) is 12. The molecule has 98 heavy (non-hydrogen) atoms. The first-order valence-electron chi connectivity index (χ1n) is 34.4. The molecule has 4 saturated heterocycles. The molecule has 8 amide bonds. The monoisotopic (exact) mass is 1330 g/mol. The van der Waals surface area contributed by atoms with Crippen molar-refractivity contribution >= 4 is 92.6 Å². The third-order valence-electron chi connectivity index (χ3n) is 21.4. The van der Waals surface area contributed by atoms with Crippen LogP contribution in [0.5, 0.6) is 11.5 Å². The fraction of sp³-hybridized carbons (Fsp3) is 0.466. The third-order valence-corrected chi connectivity index (χ3v) is 21.4. The minimum Gasteiger partial charge on any atom is -0.497 e. The maximum atomic E-state index is 13.9. The van der Waals surface area contributed by atoms with Crippen molar-refractivity contribution in [1.29, 1.82) is 0 Å². The summed E-state index contributed by atoms with van der Waals surface area (Å²) >= 11 is 0. The highest BCUT2D eigenvalue weighted by Gasteiger charge is 2.63. The lowest BCUT2D eigenvalue weighted by molar-refractivity contribution is -0.151. The predicted molar refractivity (Wildman–Crippen MR) is 364 cm³/mol. The van der Waals surface area contributed by atoms with Crippen LogP contribution in [0.4, 0.5) is 33.4 Å². The summed E-state index contributed by atoms with van der Waals surface area (Å²) in [4.78, 5) is 123. The van der Waals surface area contributed by atoms with Crippen molar-refractivity contribution in [2.75, 3.05) is 98.0 Å². The van der Waals surface area contributed by atoms with Crippen LogP contribution in [0.1, 0.15) is 131 Å². The number of hydrogen-bond acceptors (Lipinski definition) is 17.